The molecule has 6 rings (SSSR count). The number of aromatic nitrogens is 3. The number of fused-ring (bicyclic) bond motifs is 6. The monoisotopic (exact) mass is 449 g/mol. The second-order valence-electron chi connectivity index (χ2n) is 7.33. The van der Waals surface area contributed by atoms with Crippen molar-refractivity contribution in [3.05, 3.63) is 102 Å². The number of rotatable bonds is 2. The molecule has 0 saturated carbocycles. The van der Waals surface area contributed by atoms with Crippen molar-refractivity contribution in [2.24, 2.45) is 0 Å². The Kier molecular flexibility index (Phi) is 3.93. The summed E-state index contributed by atoms with van der Waals surface area (Å²) in [5, 5.41) is 12.6. The third-order valence-corrected chi connectivity index (χ3v) is 6.06. The minimum Gasteiger partial charge on any atom is -0.274 e. The van der Waals surface area contributed by atoms with Gasteiger partial charge in [-0.15, -0.1) is 10.2 Å². The molecule has 4 aromatic carbocycles. The molecule has 0 saturated heterocycles. The van der Waals surface area contributed by atoms with Crippen molar-refractivity contribution in [1.82, 2.24) is 14.6 Å². The van der Waals surface area contributed by atoms with E-state index >= 15 is 0 Å². The van der Waals surface area contributed by atoms with E-state index in [2.05, 4.69) is 122 Å². The van der Waals surface area contributed by atoms with Gasteiger partial charge >= 0.3 is 0 Å². The number of benzene rings is 4. The van der Waals surface area contributed by atoms with Crippen LogP contribution < -0.4 is 0 Å². The number of hydrogen-bond donors (Lipinski definition) is 0. The van der Waals surface area contributed by atoms with Gasteiger partial charge in [-0.1, -0.05) is 94.8 Å². The average molecular weight is 450 g/mol. The van der Waals surface area contributed by atoms with Crippen LogP contribution in [0.4, 0.5) is 0 Å². The molecule has 0 aliphatic rings. The summed E-state index contributed by atoms with van der Waals surface area (Å²) < 4.78 is 3.23. The minimum absolute atomic E-state index is 0.850. The molecule has 2 heterocycles. The fourth-order valence-electron chi connectivity index (χ4n) is 4.15. The van der Waals surface area contributed by atoms with E-state index in [4.69, 9.17) is 0 Å². The van der Waals surface area contributed by atoms with E-state index in [1.54, 1.807) is 0 Å². The number of halogens is 1. The lowest BCUT2D eigenvalue weighted by Gasteiger charge is -2.10. The summed E-state index contributed by atoms with van der Waals surface area (Å²) in [6, 6.07) is 33.7. The van der Waals surface area contributed by atoms with Crippen LogP contribution in [0, 0.1) is 0 Å². The molecule has 3 nitrogen and oxygen atoms in total. The van der Waals surface area contributed by atoms with Gasteiger partial charge < -0.3 is 0 Å². The van der Waals surface area contributed by atoms with Crippen molar-refractivity contribution in [2.75, 3.05) is 0 Å². The Bertz CT molecular complexity index is 1530. The fraction of sp³-hybridized carbons (Fsp3) is 0. The summed E-state index contributed by atoms with van der Waals surface area (Å²) in [6.45, 7) is 0. The summed E-state index contributed by atoms with van der Waals surface area (Å²) in [5.74, 6) is 0.850. The molecule has 0 radical (unpaired) electrons. The van der Waals surface area contributed by atoms with E-state index in [-0.39, 0.29) is 0 Å². The van der Waals surface area contributed by atoms with Crippen LogP contribution in [0.2, 0.25) is 0 Å². The smallest absolute Gasteiger partial charge is 0.169 e. The predicted octanol–water partition coefficient (Wildman–Crippen LogP) is 7.13. The predicted molar refractivity (Wildman–Crippen MR) is 127 cm³/mol. The second kappa shape index (κ2) is 6.78. The first kappa shape index (κ1) is 17.4. The highest BCUT2D eigenvalue weighted by Gasteiger charge is 2.15. The van der Waals surface area contributed by atoms with E-state index in [1.807, 2.05) is 6.07 Å². The minimum atomic E-state index is 0.850. The lowest BCUT2D eigenvalue weighted by molar-refractivity contribution is 1.12. The van der Waals surface area contributed by atoms with Crippen LogP contribution in [0.5, 0.6) is 0 Å². The van der Waals surface area contributed by atoms with Gasteiger partial charge in [-0.25, -0.2) is 0 Å². The molecule has 0 N–H and O–H groups in total. The summed E-state index contributed by atoms with van der Waals surface area (Å²) in [7, 11) is 0. The van der Waals surface area contributed by atoms with Crippen molar-refractivity contribution in [3.63, 3.8) is 0 Å². The quantitative estimate of drug-likeness (QED) is 0.263. The first-order chi connectivity index (χ1) is 14.8. The molecule has 0 spiro atoms. The Labute approximate surface area is 181 Å². The molecule has 0 aliphatic carbocycles. The third-order valence-electron chi connectivity index (χ3n) is 5.57. The first-order valence-electron chi connectivity index (χ1n) is 9.80. The van der Waals surface area contributed by atoms with Gasteiger partial charge in [-0.05, 0) is 34.7 Å². The van der Waals surface area contributed by atoms with E-state index in [1.165, 1.54) is 21.9 Å². The van der Waals surface area contributed by atoms with Gasteiger partial charge in [0.1, 0.15) is 0 Å². The van der Waals surface area contributed by atoms with Gasteiger partial charge in [-0.3, -0.25) is 4.40 Å². The molecule has 0 aliphatic heterocycles. The average Bonchev–Trinajstić information content (AvgIpc) is 3.25. The SMILES string of the molecule is Brc1ccc2c(c1)c1ccccc1c1nnc(-c3ccc(-c4ccccc4)cc3)n21. The summed E-state index contributed by atoms with van der Waals surface area (Å²) in [6.07, 6.45) is 0. The van der Waals surface area contributed by atoms with Crippen LogP contribution in [-0.2, 0) is 0 Å². The largest absolute Gasteiger partial charge is 0.274 e. The van der Waals surface area contributed by atoms with Crippen molar-refractivity contribution in [1.29, 1.82) is 0 Å². The number of hydrogen-bond acceptors (Lipinski definition) is 2. The molecule has 142 valence electrons. The maximum absolute atomic E-state index is 4.59. The maximum Gasteiger partial charge on any atom is 0.169 e. The Hall–Kier alpha value is -3.50. The van der Waals surface area contributed by atoms with Gasteiger partial charge in [0.2, 0.25) is 0 Å². The highest BCUT2D eigenvalue weighted by Crippen LogP contribution is 2.33. The molecule has 0 bridgehead atoms. The van der Waals surface area contributed by atoms with Gasteiger partial charge in [-0.2, -0.15) is 0 Å². The fourth-order valence-corrected chi connectivity index (χ4v) is 4.51. The van der Waals surface area contributed by atoms with E-state index < -0.39 is 0 Å². The summed E-state index contributed by atoms with van der Waals surface area (Å²) in [4.78, 5) is 0. The van der Waals surface area contributed by atoms with Crippen LogP contribution in [0.25, 0.3) is 49.8 Å². The molecule has 0 atom stereocenters. The molecular weight excluding hydrogens is 434 g/mol. The van der Waals surface area contributed by atoms with Gasteiger partial charge in [0.25, 0.3) is 0 Å². The van der Waals surface area contributed by atoms with Crippen LogP contribution in [0.3, 0.4) is 0 Å². The number of nitrogens with zero attached hydrogens (tertiary/aromatic N) is 3. The summed E-state index contributed by atoms with van der Waals surface area (Å²) in [5.41, 5.74) is 5.41. The van der Waals surface area contributed by atoms with Crippen molar-refractivity contribution >= 4 is 43.3 Å². The molecule has 0 amide bonds. The Morgan fingerprint density at radius 1 is 0.567 bits per heavy atom. The molecule has 0 fully saturated rings. The Morgan fingerprint density at radius 2 is 1.23 bits per heavy atom. The van der Waals surface area contributed by atoms with E-state index in [0.717, 1.165) is 32.4 Å². The Balaban J connectivity index is 1.62. The lowest BCUT2D eigenvalue weighted by atomic mass is 10.0. The number of pyridine rings is 1. The maximum atomic E-state index is 4.59. The zero-order chi connectivity index (χ0) is 20.1. The third kappa shape index (κ3) is 2.65. The summed E-state index contributed by atoms with van der Waals surface area (Å²) >= 11 is 3.63. The molecule has 4 heteroatoms. The molecule has 6 aromatic rings. The highest BCUT2D eigenvalue weighted by molar-refractivity contribution is 9.10. The van der Waals surface area contributed by atoms with Gasteiger partial charge in [0, 0.05) is 20.8 Å². The highest BCUT2D eigenvalue weighted by atomic mass is 79.9. The zero-order valence-electron chi connectivity index (χ0n) is 16.0. The Morgan fingerprint density at radius 3 is 2.03 bits per heavy atom. The molecule has 30 heavy (non-hydrogen) atoms. The van der Waals surface area contributed by atoms with E-state index in [0.29, 0.717) is 0 Å². The van der Waals surface area contributed by atoms with E-state index in [9.17, 15) is 0 Å². The van der Waals surface area contributed by atoms with Crippen molar-refractivity contribution < 1.29 is 0 Å². The van der Waals surface area contributed by atoms with Crippen LogP contribution in [0.15, 0.2) is 102 Å². The normalized spacial score (nSPS) is 11.5. The van der Waals surface area contributed by atoms with Crippen molar-refractivity contribution in [2.45, 2.75) is 0 Å². The van der Waals surface area contributed by atoms with Gasteiger partial charge in [0.05, 0.1) is 5.52 Å². The van der Waals surface area contributed by atoms with Crippen molar-refractivity contribution in [3.8, 4) is 22.5 Å². The van der Waals surface area contributed by atoms with Gasteiger partial charge in [0.15, 0.2) is 11.5 Å². The molecule has 0 unspecified atom stereocenters. The van der Waals surface area contributed by atoms with Crippen LogP contribution >= 0.6 is 15.9 Å². The van der Waals surface area contributed by atoms with Crippen LogP contribution in [-0.4, -0.2) is 14.6 Å². The topological polar surface area (TPSA) is 30.2 Å². The lowest BCUT2D eigenvalue weighted by Crippen LogP contribution is -1.94. The van der Waals surface area contributed by atoms with Crippen LogP contribution in [0.1, 0.15) is 0 Å². The molecule has 2 aromatic heterocycles. The standard InChI is InChI=1S/C26H16BrN3/c27-20-14-15-24-23(16-20)21-8-4-5-9-22(21)26-29-28-25(30(24)26)19-12-10-18(11-13-19)17-6-2-1-3-7-17/h1-16H. The first-order valence-corrected chi connectivity index (χ1v) is 10.6. The molecular formula is C26H16BrN3. The zero-order valence-corrected chi connectivity index (χ0v) is 17.5. The second-order valence-corrected chi connectivity index (χ2v) is 8.25.